The second-order valence-corrected chi connectivity index (χ2v) is 3.88. The summed E-state index contributed by atoms with van der Waals surface area (Å²) < 4.78 is 0.891. The van der Waals surface area contributed by atoms with Gasteiger partial charge in [-0.2, -0.15) is 0 Å². The maximum absolute atomic E-state index is 11.3. The third kappa shape index (κ3) is 3.47. The number of hydrogen-bond donors (Lipinski definition) is 1. The fourth-order valence-corrected chi connectivity index (χ4v) is 1.18. The summed E-state index contributed by atoms with van der Waals surface area (Å²) in [6, 6.07) is 6.80. The van der Waals surface area contributed by atoms with Gasteiger partial charge in [-0.05, 0) is 35.9 Å². The highest BCUT2D eigenvalue weighted by atomic mass is 79.9. The molecule has 1 aromatic rings. The Kier molecular flexibility index (Phi) is 4.10. The average Bonchev–Trinajstić information content (AvgIpc) is 2.15. The molecule has 3 nitrogen and oxygen atoms in total. The minimum absolute atomic E-state index is 0.156. The minimum Gasteiger partial charge on any atom is -0.344 e. The van der Waals surface area contributed by atoms with Crippen LogP contribution in [0.3, 0.4) is 0 Å². The predicted octanol–water partition coefficient (Wildman–Crippen LogP) is 1.94. The third-order valence-corrected chi connectivity index (χ3v) is 2.16. The van der Waals surface area contributed by atoms with Gasteiger partial charge in [0.2, 0.25) is 5.24 Å². The Labute approximate surface area is 94.6 Å². The number of amides is 1. The Hall–Kier alpha value is -0.870. The topological polar surface area (TPSA) is 46.2 Å². The first kappa shape index (κ1) is 11.2. The number of halogens is 2. The first-order valence-corrected chi connectivity index (χ1v) is 4.99. The third-order valence-electron chi connectivity index (χ3n) is 1.49. The lowest BCUT2D eigenvalue weighted by Crippen LogP contribution is -2.27. The largest absolute Gasteiger partial charge is 0.344 e. The zero-order valence-corrected chi connectivity index (χ0v) is 9.43. The van der Waals surface area contributed by atoms with Crippen LogP contribution in [0, 0.1) is 0 Å². The van der Waals surface area contributed by atoms with E-state index in [4.69, 9.17) is 11.6 Å². The highest BCUT2D eigenvalue weighted by Crippen LogP contribution is 2.10. The van der Waals surface area contributed by atoms with Crippen molar-refractivity contribution in [3.8, 4) is 0 Å². The first-order chi connectivity index (χ1) is 6.59. The minimum atomic E-state index is -0.588. The lowest BCUT2D eigenvalue weighted by atomic mass is 10.2. The molecule has 0 aliphatic rings. The Bertz CT molecular complexity index is 350. The molecule has 1 amide bonds. The van der Waals surface area contributed by atoms with Crippen LogP contribution in [0.1, 0.15) is 10.4 Å². The van der Waals surface area contributed by atoms with Gasteiger partial charge in [-0.3, -0.25) is 9.59 Å². The molecule has 0 aromatic heterocycles. The van der Waals surface area contributed by atoms with Crippen LogP contribution in [0.15, 0.2) is 28.7 Å². The van der Waals surface area contributed by atoms with Crippen molar-refractivity contribution in [1.82, 2.24) is 5.32 Å². The molecule has 1 rings (SSSR count). The molecular weight excluding hydrogens is 269 g/mol. The lowest BCUT2D eigenvalue weighted by molar-refractivity contribution is -0.110. The second kappa shape index (κ2) is 5.12. The molecule has 0 saturated carbocycles. The predicted molar refractivity (Wildman–Crippen MR) is 57.3 cm³/mol. The Morgan fingerprint density at radius 3 is 2.36 bits per heavy atom. The zero-order chi connectivity index (χ0) is 10.6. The van der Waals surface area contributed by atoms with Gasteiger partial charge in [0.1, 0.15) is 0 Å². The molecular formula is C9H7BrClNO2. The number of carbonyl (C=O) groups excluding carboxylic acids is 2. The van der Waals surface area contributed by atoms with Crippen LogP contribution >= 0.6 is 27.5 Å². The molecule has 5 heteroatoms. The molecule has 0 radical (unpaired) electrons. The fraction of sp³-hybridized carbons (Fsp3) is 0.111. The van der Waals surface area contributed by atoms with E-state index in [1.54, 1.807) is 24.3 Å². The van der Waals surface area contributed by atoms with Gasteiger partial charge >= 0.3 is 0 Å². The van der Waals surface area contributed by atoms with Gasteiger partial charge in [0.05, 0.1) is 6.54 Å². The summed E-state index contributed by atoms with van der Waals surface area (Å²) in [5.74, 6) is -0.313. The van der Waals surface area contributed by atoms with Crippen molar-refractivity contribution in [3.05, 3.63) is 34.3 Å². The molecule has 0 atom stereocenters. The van der Waals surface area contributed by atoms with E-state index < -0.39 is 5.24 Å². The smallest absolute Gasteiger partial charge is 0.251 e. The normalized spacial score (nSPS) is 9.57. The van der Waals surface area contributed by atoms with E-state index in [1.807, 2.05) is 0 Å². The van der Waals surface area contributed by atoms with Gasteiger partial charge in [-0.25, -0.2) is 0 Å². The molecule has 0 unspecified atom stereocenters. The van der Waals surface area contributed by atoms with Crippen molar-refractivity contribution in [2.75, 3.05) is 6.54 Å². The molecule has 0 bridgehead atoms. The summed E-state index contributed by atoms with van der Waals surface area (Å²) in [6.07, 6.45) is 0. The van der Waals surface area contributed by atoms with Gasteiger partial charge in [-0.15, -0.1) is 0 Å². The number of benzene rings is 1. The van der Waals surface area contributed by atoms with Gasteiger partial charge < -0.3 is 5.32 Å². The van der Waals surface area contributed by atoms with E-state index in [-0.39, 0.29) is 12.5 Å². The molecule has 0 spiro atoms. The van der Waals surface area contributed by atoms with Gasteiger partial charge in [-0.1, -0.05) is 15.9 Å². The van der Waals surface area contributed by atoms with E-state index in [1.165, 1.54) is 0 Å². The van der Waals surface area contributed by atoms with Crippen LogP contribution in [0.2, 0.25) is 0 Å². The molecule has 74 valence electrons. The molecule has 0 saturated heterocycles. The SMILES string of the molecule is O=C(Cl)CNC(=O)c1ccc(Br)cc1. The molecule has 0 aliphatic carbocycles. The summed E-state index contributed by atoms with van der Waals surface area (Å²) in [7, 11) is 0. The molecule has 0 fully saturated rings. The van der Waals surface area contributed by atoms with Gasteiger partial charge in [0.15, 0.2) is 0 Å². The fourth-order valence-electron chi connectivity index (χ4n) is 0.853. The standard InChI is InChI=1S/C9H7BrClNO2/c10-7-3-1-6(2-4-7)9(14)12-5-8(11)13/h1-4H,5H2,(H,12,14). The van der Waals surface area contributed by atoms with Crippen molar-refractivity contribution in [1.29, 1.82) is 0 Å². The molecule has 14 heavy (non-hydrogen) atoms. The molecule has 0 aliphatic heterocycles. The maximum atomic E-state index is 11.3. The van der Waals surface area contributed by atoms with E-state index in [2.05, 4.69) is 21.2 Å². The molecule has 1 aromatic carbocycles. The average molecular weight is 277 g/mol. The Morgan fingerprint density at radius 2 is 1.86 bits per heavy atom. The highest BCUT2D eigenvalue weighted by molar-refractivity contribution is 9.10. The number of rotatable bonds is 3. The molecule has 1 N–H and O–H groups in total. The van der Waals surface area contributed by atoms with Crippen LogP contribution < -0.4 is 5.32 Å². The van der Waals surface area contributed by atoms with Crippen molar-refractivity contribution in [2.24, 2.45) is 0 Å². The maximum Gasteiger partial charge on any atom is 0.251 e. The van der Waals surface area contributed by atoms with Crippen LogP contribution in [0.4, 0.5) is 0 Å². The second-order valence-electron chi connectivity index (χ2n) is 2.54. The van der Waals surface area contributed by atoms with E-state index in [9.17, 15) is 9.59 Å². The van der Waals surface area contributed by atoms with Crippen LogP contribution in [-0.4, -0.2) is 17.7 Å². The Balaban J connectivity index is 2.61. The van der Waals surface area contributed by atoms with Gasteiger partial charge in [0, 0.05) is 10.0 Å². The van der Waals surface area contributed by atoms with E-state index in [0.29, 0.717) is 5.56 Å². The number of nitrogens with one attached hydrogen (secondary N) is 1. The quantitative estimate of drug-likeness (QED) is 0.858. The van der Waals surface area contributed by atoms with Gasteiger partial charge in [0.25, 0.3) is 5.91 Å². The summed E-state index contributed by atoms with van der Waals surface area (Å²) >= 11 is 8.32. The van der Waals surface area contributed by atoms with Crippen LogP contribution in [0.5, 0.6) is 0 Å². The van der Waals surface area contributed by atoms with Crippen molar-refractivity contribution < 1.29 is 9.59 Å². The lowest BCUT2D eigenvalue weighted by Gasteiger charge is -2.01. The zero-order valence-electron chi connectivity index (χ0n) is 7.09. The summed E-state index contributed by atoms with van der Waals surface area (Å²) in [6.45, 7) is -0.156. The summed E-state index contributed by atoms with van der Waals surface area (Å²) in [4.78, 5) is 21.7. The summed E-state index contributed by atoms with van der Waals surface area (Å²) in [5.41, 5.74) is 0.492. The monoisotopic (exact) mass is 275 g/mol. The van der Waals surface area contributed by atoms with Crippen molar-refractivity contribution >= 4 is 38.7 Å². The van der Waals surface area contributed by atoms with Crippen LogP contribution in [-0.2, 0) is 4.79 Å². The molecule has 0 heterocycles. The highest BCUT2D eigenvalue weighted by Gasteiger charge is 2.05. The van der Waals surface area contributed by atoms with Crippen molar-refractivity contribution in [3.63, 3.8) is 0 Å². The van der Waals surface area contributed by atoms with Crippen LogP contribution in [0.25, 0.3) is 0 Å². The number of hydrogen-bond acceptors (Lipinski definition) is 2. The number of carbonyl (C=O) groups is 2. The Morgan fingerprint density at radius 1 is 1.29 bits per heavy atom. The first-order valence-electron chi connectivity index (χ1n) is 3.81. The summed E-state index contributed by atoms with van der Waals surface area (Å²) in [5, 5.41) is 1.79. The van der Waals surface area contributed by atoms with E-state index in [0.717, 1.165) is 4.47 Å². The van der Waals surface area contributed by atoms with Crippen molar-refractivity contribution in [2.45, 2.75) is 0 Å². The van der Waals surface area contributed by atoms with E-state index >= 15 is 0 Å².